The average Bonchev–Trinajstić information content (AvgIpc) is 2.47. The van der Waals surface area contributed by atoms with Crippen LogP contribution >= 0.6 is 0 Å². The van der Waals surface area contributed by atoms with Crippen molar-refractivity contribution in [3.8, 4) is 0 Å². The molecule has 2 atom stereocenters. The van der Waals surface area contributed by atoms with Crippen LogP contribution in [0.4, 0.5) is 0 Å². The van der Waals surface area contributed by atoms with Gasteiger partial charge in [-0.2, -0.15) is 0 Å². The zero-order chi connectivity index (χ0) is 13.7. The van der Waals surface area contributed by atoms with Gasteiger partial charge in [0.1, 0.15) is 0 Å². The van der Waals surface area contributed by atoms with Crippen molar-refractivity contribution in [2.45, 2.75) is 25.6 Å². The molecule has 1 aromatic rings. The smallest absolute Gasteiger partial charge is 0.373 e. The molecular formula is C15H18O4. The Hall–Kier alpha value is -1.81. The normalized spacial score (nSPS) is 22.3. The Kier molecular flexibility index (Phi) is 4.58. The predicted octanol–water partition coefficient (Wildman–Crippen LogP) is 2.61. The second-order valence-corrected chi connectivity index (χ2v) is 4.28. The first-order valence-corrected chi connectivity index (χ1v) is 6.38. The Bertz CT molecular complexity index is 452. The van der Waals surface area contributed by atoms with E-state index < -0.39 is 12.3 Å². The number of carbonyl (C=O) groups is 1. The third-order valence-electron chi connectivity index (χ3n) is 3.02. The van der Waals surface area contributed by atoms with Gasteiger partial charge < -0.3 is 14.2 Å². The molecule has 4 nitrogen and oxygen atoms in total. The van der Waals surface area contributed by atoms with Gasteiger partial charge in [0.05, 0.1) is 7.11 Å². The molecule has 2 rings (SSSR count). The predicted molar refractivity (Wildman–Crippen MR) is 70.4 cm³/mol. The minimum Gasteiger partial charge on any atom is -0.463 e. The molecule has 1 aromatic carbocycles. The lowest BCUT2D eigenvalue weighted by atomic mass is 9.93. The van der Waals surface area contributed by atoms with Crippen LogP contribution in [-0.4, -0.2) is 26.0 Å². The number of carbonyl (C=O) groups excluding carboxylic acids is 1. The van der Waals surface area contributed by atoms with Crippen molar-refractivity contribution in [2.75, 3.05) is 13.7 Å². The molecule has 0 fully saturated rings. The summed E-state index contributed by atoms with van der Waals surface area (Å²) in [6, 6.07) is 9.99. The van der Waals surface area contributed by atoms with Crippen LogP contribution < -0.4 is 0 Å². The Labute approximate surface area is 113 Å². The quantitative estimate of drug-likeness (QED) is 0.782. The number of benzene rings is 1. The number of allylic oxidation sites excluding steroid dienone is 1. The monoisotopic (exact) mass is 262 g/mol. The molecule has 0 amide bonds. The number of hydrogen-bond donors (Lipinski definition) is 0. The largest absolute Gasteiger partial charge is 0.463 e. The molecule has 0 aliphatic carbocycles. The van der Waals surface area contributed by atoms with Gasteiger partial charge >= 0.3 is 5.97 Å². The molecule has 0 radical (unpaired) electrons. The Morgan fingerprint density at radius 1 is 1.37 bits per heavy atom. The van der Waals surface area contributed by atoms with Crippen LogP contribution in [0, 0.1) is 0 Å². The zero-order valence-electron chi connectivity index (χ0n) is 11.2. The highest BCUT2D eigenvalue weighted by molar-refractivity contribution is 5.86. The highest BCUT2D eigenvalue weighted by Gasteiger charge is 2.28. The Balaban J connectivity index is 2.24. The number of esters is 1. The first kappa shape index (κ1) is 13.6. The summed E-state index contributed by atoms with van der Waals surface area (Å²) < 4.78 is 15.7. The molecule has 0 saturated carbocycles. The van der Waals surface area contributed by atoms with Gasteiger partial charge in [0.2, 0.25) is 12.0 Å². The summed E-state index contributed by atoms with van der Waals surface area (Å²) in [4.78, 5) is 11.6. The fraction of sp³-hybridized carbons (Fsp3) is 0.400. The fourth-order valence-electron chi connectivity index (χ4n) is 2.12. The van der Waals surface area contributed by atoms with Gasteiger partial charge in [-0.25, -0.2) is 4.79 Å². The van der Waals surface area contributed by atoms with Crippen LogP contribution in [0.25, 0.3) is 0 Å². The topological polar surface area (TPSA) is 44.8 Å². The van der Waals surface area contributed by atoms with Gasteiger partial charge in [-0.15, -0.1) is 0 Å². The SMILES string of the molecule is CCO[C@@H]1CC(c2ccccc2)C=C(C(=O)OC)O1. The average molecular weight is 262 g/mol. The van der Waals surface area contributed by atoms with E-state index in [4.69, 9.17) is 14.2 Å². The van der Waals surface area contributed by atoms with Gasteiger partial charge in [-0.1, -0.05) is 30.3 Å². The Morgan fingerprint density at radius 2 is 2.11 bits per heavy atom. The molecule has 19 heavy (non-hydrogen) atoms. The molecule has 0 aromatic heterocycles. The lowest BCUT2D eigenvalue weighted by molar-refractivity contribution is -0.158. The maximum Gasteiger partial charge on any atom is 0.373 e. The molecule has 1 heterocycles. The first-order valence-electron chi connectivity index (χ1n) is 6.38. The lowest BCUT2D eigenvalue weighted by Gasteiger charge is -2.28. The third-order valence-corrected chi connectivity index (χ3v) is 3.02. The number of rotatable bonds is 4. The summed E-state index contributed by atoms with van der Waals surface area (Å²) in [6.45, 7) is 2.44. The molecular weight excluding hydrogens is 244 g/mol. The van der Waals surface area contributed by atoms with Crippen LogP contribution in [0.3, 0.4) is 0 Å². The second-order valence-electron chi connectivity index (χ2n) is 4.28. The molecule has 1 aliphatic heterocycles. The van der Waals surface area contributed by atoms with E-state index in [-0.39, 0.29) is 11.7 Å². The van der Waals surface area contributed by atoms with E-state index in [1.807, 2.05) is 37.3 Å². The van der Waals surface area contributed by atoms with E-state index in [2.05, 4.69) is 0 Å². The number of methoxy groups -OCH3 is 1. The molecule has 1 unspecified atom stereocenters. The maximum absolute atomic E-state index is 11.6. The van der Waals surface area contributed by atoms with Crippen molar-refractivity contribution in [3.63, 3.8) is 0 Å². The summed E-state index contributed by atoms with van der Waals surface area (Å²) in [6.07, 6.45) is 2.09. The van der Waals surface area contributed by atoms with Crippen LogP contribution in [0.1, 0.15) is 24.8 Å². The van der Waals surface area contributed by atoms with Gasteiger partial charge in [-0.3, -0.25) is 0 Å². The van der Waals surface area contributed by atoms with E-state index >= 15 is 0 Å². The van der Waals surface area contributed by atoms with Crippen molar-refractivity contribution in [1.82, 2.24) is 0 Å². The summed E-state index contributed by atoms with van der Waals surface area (Å²) >= 11 is 0. The van der Waals surface area contributed by atoms with Crippen molar-refractivity contribution in [2.24, 2.45) is 0 Å². The summed E-state index contributed by atoms with van der Waals surface area (Å²) in [7, 11) is 1.34. The maximum atomic E-state index is 11.6. The molecule has 0 spiro atoms. The lowest BCUT2D eigenvalue weighted by Crippen LogP contribution is -2.27. The minimum absolute atomic E-state index is 0.0978. The van der Waals surface area contributed by atoms with Gasteiger partial charge in [0, 0.05) is 18.9 Å². The second kappa shape index (κ2) is 6.38. The van der Waals surface area contributed by atoms with Crippen molar-refractivity contribution < 1.29 is 19.0 Å². The fourth-order valence-corrected chi connectivity index (χ4v) is 2.12. The molecule has 0 N–H and O–H groups in total. The van der Waals surface area contributed by atoms with Crippen LogP contribution in [0.5, 0.6) is 0 Å². The van der Waals surface area contributed by atoms with Crippen molar-refractivity contribution >= 4 is 5.97 Å². The van der Waals surface area contributed by atoms with Gasteiger partial charge in [0.25, 0.3) is 0 Å². The van der Waals surface area contributed by atoms with Gasteiger partial charge in [0.15, 0.2) is 0 Å². The minimum atomic E-state index is -0.467. The van der Waals surface area contributed by atoms with Crippen LogP contribution in [0.15, 0.2) is 42.2 Å². The van der Waals surface area contributed by atoms with Crippen molar-refractivity contribution in [1.29, 1.82) is 0 Å². The Morgan fingerprint density at radius 3 is 2.74 bits per heavy atom. The van der Waals surface area contributed by atoms with E-state index in [0.29, 0.717) is 13.0 Å². The number of hydrogen-bond acceptors (Lipinski definition) is 4. The van der Waals surface area contributed by atoms with E-state index in [9.17, 15) is 4.79 Å². The molecule has 1 aliphatic rings. The number of ether oxygens (including phenoxy) is 3. The highest BCUT2D eigenvalue weighted by atomic mass is 16.7. The van der Waals surface area contributed by atoms with E-state index in [1.54, 1.807) is 6.08 Å². The highest BCUT2D eigenvalue weighted by Crippen LogP contribution is 2.31. The summed E-state index contributed by atoms with van der Waals surface area (Å²) in [5, 5.41) is 0. The van der Waals surface area contributed by atoms with Crippen molar-refractivity contribution in [3.05, 3.63) is 47.7 Å². The van der Waals surface area contributed by atoms with E-state index in [0.717, 1.165) is 5.56 Å². The van der Waals surface area contributed by atoms with E-state index in [1.165, 1.54) is 7.11 Å². The zero-order valence-corrected chi connectivity index (χ0v) is 11.2. The summed E-state index contributed by atoms with van der Waals surface area (Å²) in [5.41, 5.74) is 1.14. The third kappa shape index (κ3) is 3.35. The standard InChI is InChI=1S/C15H18O4/c1-3-18-14-10-12(11-7-5-4-6-8-11)9-13(19-14)15(16)17-2/h4-9,12,14H,3,10H2,1-2H3/t12?,14-/m0/s1. The first-order chi connectivity index (χ1) is 9.24. The molecule has 0 saturated heterocycles. The molecule has 0 bridgehead atoms. The molecule has 102 valence electrons. The molecule has 4 heteroatoms. The van der Waals surface area contributed by atoms with Crippen LogP contribution in [-0.2, 0) is 19.0 Å². The van der Waals surface area contributed by atoms with Crippen LogP contribution in [0.2, 0.25) is 0 Å². The summed E-state index contributed by atoms with van der Waals surface area (Å²) in [5.74, 6) is -0.146. The van der Waals surface area contributed by atoms with Gasteiger partial charge in [-0.05, 0) is 18.6 Å².